The van der Waals surface area contributed by atoms with Crippen LogP contribution >= 0.6 is 11.6 Å². The largest absolute Gasteiger partial charge is 0.484 e. The van der Waals surface area contributed by atoms with E-state index < -0.39 is 0 Å². The smallest absolute Gasteiger partial charge is 0.258 e. The van der Waals surface area contributed by atoms with E-state index in [1.54, 1.807) is 24.3 Å². The first-order valence-electron chi connectivity index (χ1n) is 9.14. The summed E-state index contributed by atoms with van der Waals surface area (Å²) in [6.07, 6.45) is 0. The van der Waals surface area contributed by atoms with Gasteiger partial charge in [0.25, 0.3) is 5.91 Å². The molecule has 0 spiro atoms. The maximum Gasteiger partial charge on any atom is 0.258 e. The summed E-state index contributed by atoms with van der Waals surface area (Å²) in [4.78, 5) is 14.8. The zero-order valence-corrected chi connectivity index (χ0v) is 16.2. The van der Waals surface area contributed by atoms with Gasteiger partial charge in [-0.15, -0.1) is 0 Å². The number of nitrogens with one attached hydrogen (secondary N) is 1. The molecule has 144 valence electrons. The average Bonchev–Trinajstić information content (AvgIpc) is 2.68. The number of benzene rings is 2. The molecule has 27 heavy (non-hydrogen) atoms. The zero-order valence-electron chi connectivity index (χ0n) is 15.5. The van der Waals surface area contributed by atoms with E-state index in [0.29, 0.717) is 10.8 Å². The Kier molecular flexibility index (Phi) is 7.10. The third kappa shape index (κ3) is 6.24. The molecule has 1 atom stereocenters. The molecule has 2 aromatic carbocycles. The van der Waals surface area contributed by atoms with Gasteiger partial charge in [-0.05, 0) is 36.8 Å². The highest BCUT2D eigenvalue weighted by Gasteiger charge is 2.20. The number of halogens is 1. The molecule has 1 aliphatic rings. The molecule has 1 fully saturated rings. The Labute approximate surface area is 165 Å². The van der Waals surface area contributed by atoms with Crippen LogP contribution in [0.2, 0.25) is 5.02 Å². The summed E-state index contributed by atoms with van der Waals surface area (Å²) in [5.74, 6) is 0.471. The van der Waals surface area contributed by atoms with Gasteiger partial charge in [-0.2, -0.15) is 0 Å². The van der Waals surface area contributed by atoms with Crippen LogP contribution in [0.5, 0.6) is 5.75 Å². The summed E-state index contributed by atoms with van der Waals surface area (Å²) in [7, 11) is 0. The third-order valence-electron chi connectivity index (χ3n) is 4.54. The SMILES string of the molecule is Cc1ccc(C(CN2CCOCC2)NC(=O)COc2ccc(Cl)cc2)cc1. The number of hydrogen-bond acceptors (Lipinski definition) is 4. The van der Waals surface area contributed by atoms with Crippen LogP contribution in [-0.2, 0) is 9.53 Å². The number of carbonyl (C=O) groups excluding carboxylic acids is 1. The molecular formula is C21H25ClN2O3. The summed E-state index contributed by atoms with van der Waals surface area (Å²) >= 11 is 5.87. The first-order valence-corrected chi connectivity index (χ1v) is 9.52. The number of morpholine rings is 1. The van der Waals surface area contributed by atoms with Gasteiger partial charge in [0.2, 0.25) is 0 Å². The van der Waals surface area contributed by atoms with E-state index in [0.717, 1.165) is 38.4 Å². The number of ether oxygens (including phenoxy) is 2. The standard InChI is InChI=1S/C21H25ClN2O3/c1-16-2-4-17(5-3-16)20(14-24-10-12-26-13-11-24)23-21(25)15-27-19-8-6-18(22)7-9-19/h2-9,20H,10-15H2,1H3,(H,23,25). The fourth-order valence-corrected chi connectivity index (χ4v) is 3.12. The monoisotopic (exact) mass is 388 g/mol. The summed E-state index contributed by atoms with van der Waals surface area (Å²) < 4.78 is 11.0. The van der Waals surface area contributed by atoms with Crippen molar-refractivity contribution < 1.29 is 14.3 Å². The molecule has 0 saturated carbocycles. The van der Waals surface area contributed by atoms with E-state index in [1.165, 1.54) is 5.56 Å². The lowest BCUT2D eigenvalue weighted by atomic mass is 10.0. The lowest BCUT2D eigenvalue weighted by Crippen LogP contribution is -2.44. The minimum Gasteiger partial charge on any atom is -0.484 e. The Bertz CT molecular complexity index is 728. The number of amides is 1. The number of rotatable bonds is 7. The lowest BCUT2D eigenvalue weighted by Gasteiger charge is -2.31. The lowest BCUT2D eigenvalue weighted by molar-refractivity contribution is -0.124. The van der Waals surface area contributed by atoms with Crippen LogP contribution in [0.15, 0.2) is 48.5 Å². The number of nitrogens with zero attached hydrogens (tertiary/aromatic N) is 1. The summed E-state index contributed by atoms with van der Waals surface area (Å²) in [5.41, 5.74) is 2.29. The van der Waals surface area contributed by atoms with Gasteiger partial charge < -0.3 is 14.8 Å². The Balaban J connectivity index is 1.61. The first-order chi connectivity index (χ1) is 13.1. The van der Waals surface area contributed by atoms with Crippen LogP contribution in [0.1, 0.15) is 17.2 Å². The Morgan fingerprint density at radius 2 is 1.81 bits per heavy atom. The highest BCUT2D eigenvalue weighted by atomic mass is 35.5. The van der Waals surface area contributed by atoms with Crippen molar-refractivity contribution in [3.05, 3.63) is 64.7 Å². The molecule has 1 N–H and O–H groups in total. The minimum atomic E-state index is -0.149. The van der Waals surface area contributed by atoms with Crippen molar-refractivity contribution in [2.75, 3.05) is 39.5 Å². The highest BCUT2D eigenvalue weighted by Crippen LogP contribution is 2.18. The maximum atomic E-state index is 12.5. The van der Waals surface area contributed by atoms with Crippen molar-refractivity contribution in [3.63, 3.8) is 0 Å². The van der Waals surface area contributed by atoms with Gasteiger partial charge in [-0.1, -0.05) is 41.4 Å². The molecule has 3 rings (SSSR count). The van der Waals surface area contributed by atoms with Gasteiger partial charge in [0.1, 0.15) is 5.75 Å². The predicted octanol–water partition coefficient (Wildman–Crippen LogP) is 3.22. The topological polar surface area (TPSA) is 50.8 Å². The summed E-state index contributed by atoms with van der Waals surface area (Å²) in [6, 6.07) is 15.2. The molecule has 1 amide bonds. The Morgan fingerprint density at radius 3 is 2.48 bits per heavy atom. The van der Waals surface area contributed by atoms with E-state index >= 15 is 0 Å². The second kappa shape index (κ2) is 9.74. The molecular weight excluding hydrogens is 364 g/mol. The molecule has 0 aliphatic carbocycles. The van der Waals surface area contributed by atoms with Crippen molar-refractivity contribution in [1.82, 2.24) is 10.2 Å². The molecule has 0 aromatic heterocycles. The Hall–Kier alpha value is -2.08. The van der Waals surface area contributed by atoms with E-state index in [1.807, 2.05) is 0 Å². The molecule has 0 radical (unpaired) electrons. The summed E-state index contributed by atoms with van der Waals surface area (Å²) in [5, 5.41) is 3.75. The van der Waals surface area contributed by atoms with Crippen LogP contribution in [0.25, 0.3) is 0 Å². The highest BCUT2D eigenvalue weighted by molar-refractivity contribution is 6.30. The van der Waals surface area contributed by atoms with E-state index in [-0.39, 0.29) is 18.6 Å². The van der Waals surface area contributed by atoms with Gasteiger partial charge in [-0.3, -0.25) is 9.69 Å². The van der Waals surface area contributed by atoms with Crippen LogP contribution in [-0.4, -0.2) is 50.3 Å². The fourth-order valence-electron chi connectivity index (χ4n) is 2.99. The summed E-state index contributed by atoms with van der Waals surface area (Å²) in [6.45, 7) is 5.98. The van der Waals surface area contributed by atoms with Crippen molar-refractivity contribution in [2.45, 2.75) is 13.0 Å². The van der Waals surface area contributed by atoms with E-state index in [4.69, 9.17) is 21.1 Å². The normalized spacial score (nSPS) is 15.9. The van der Waals surface area contributed by atoms with Crippen molar-refractivity contribution in [1.29, 1.82) is 0 Å². The molecule has 1 aliphatic heterocycles. The van der Waals surface area contributed by atoms with Gasteiger partial charge in [0.15, 0.2) is 6.61 Å². The number of aryl methyl sites for hydroxylation is 1. The maximum absolute atomic E-state index is 12.5. The van der Waals surface area contributed by atoms with Crippen LogP contribution in [0, 0.1) is 6.92 Å². The van der Waals surface area contributed by atoms with Gasteiger partial charge in [-0.25, -0.2) is 0 Å². The second-order valence-electron chi connectivity index (χ2n) is 6.69. The first kappa shape index (κ1) is 19.7. The van der Waals surface area contributed by atoms with Gasteiger partial charge >= 0.3 is 0 Å². The van der Waals surface area contributed by atoms with Crippen LogP contribution in [0.4, 0.5) is 0 Å². The van der Waals surface area contributed by atoms with E-state index in [9.17, 15) is 4.79 Å². The van der Waals surface area contributed by atoms with Crippen molar-refractivity contribution in [2.24, 2.45) is 0 Å². The number of carbonyl (C=O) groups is 1. The molecule has 1 saturated heterocycles. The second-order valence-corrected chi connectivity index (χ2v) is 7.12. The third-order valence-corrected chi connectivity index (χ3v) is 4.79. The molecule has 2 aromatic rings. The zero-order chi connectivity index (χ0) is 19.1. The van der Waals surface area contributed by atoms with Crippen LogP contribution < -0.4 is 10.1 Å². The molecule has 1 heterocycles. The van der Waals surface area contributed by atoms with Crippen molar-refractivity contribution >= 4 is 17.5 Å². The Morgan fingerprint density at radius 1 is 1.15 bits per heavy atom. The molecule has 5 nitrogen and oxygen atoms in total. The quantitative estimate of drug-likeness (QED) is 0.791. The van der Waals surface area contributed by atoms with Crippen LogP contribution in [0.3, 0.4) is 0 Å². The van der Waals surface area contributed by atoms with Gasteiger partial charge in [0, 0.05) is 24.7 Å². The minimum absolute atomic E-state index is 0.0346. The number of hydrogen-bond donors (Lipinski definition) is 1. The molecule has 1 unspecified atom stereocenters. The predicted molar refractivity (Wildman–Crippen MR) is 106 cm³/mol. The van der Waals surface area contributed by atoms with Crippen molar-refractivity contribution in [3.8, 4) is 5.75 Å². The fraction of sp³-hybridized carbons (Fsp3) is 0.381. The molecule has 0 bridgehead atoms. The van der Waals surface area contributed by atoms with Gasteiger partial charge in [0.05, 0.1) is 19.3 Å². The molecule has 6 heteroatoms. The average molecular weight is 389 g/mol. The van der Waals surface area contributed by atoms with E-state index in [2.05, 4.69) is 41.4 Å².